The van der Waals surface area contributed by atoms with E-state index in [0.29, 0.717) is 23.0 Å². The van der Waals surface area contributed by atoms with E-state index < -0.39 is 0 Å². The van der Waals surface area contributed by atoms with Gasteiger partial charge in [-0.15, -0.1) is 0 Å². The summed E-state index contributed by atoms with van der Waals surface area (Å²) in [7, 11) is 3.23. The fraction of sp³-hybridized carbons (Fsp3) is 0.133. The SMILES string of the molecule is COc1cc(OC)cc(-c2nc3c(N)cc(Br)cc3[nH]2)c1. The van der Waals surface area contributed by atoms with Gasteiger partial charge in [-0.3, -0.25) is 0 Å². The molecule has 1 aromatic heterocycles. The molecule has 5 nitrogen and oxygen atoms in total. The molecule has 3 N–H and O–H groups in total. The topological polar surface area (TPSA) is 73.2 Å². The zero-order chi connectivity index (χ0) is 15.0. The van der Waals surface area contributed by atoms with Gasteiger partial charge < -0.3 is 20.2 Å². The molecule has 0 aliphatic carbocycles. The van der Waals surface area contributed by atoms with Crippen LogP contribution in [0, 0.1) is 0 Å². The van der Waals surface area contributed by atoms with Crippen LogP contribution in [-0.4, -0.2) is 24.2 Å². The highest BCUT2D eigenvalue weighted by molar-refractivity contribution is 9.10. The van der Waals surface area contributed by atoms with E-state index in [1.165, 1.54) is 0 Å². The van der Waals surface area contributed by atoms with Crippen molar-refractivity contribution in [1.29, 1.82) is 0 Å². The molecule has 0 aliphatic rings. The van der Waals surface area contributed by atoms with E-state index in [4.69, 9.17) is 15.2 Å². The van der Waals surface area contributed by atoms with Crippen LogP contribution in [0.25, 0.3) is 22.4 Å². The first-order valence-corrected chi connectivity index (χ1v) is 7.08. The lowest BCUT2D eigenvalue weighted by atomic mass is 10.2. The zero-order valence-electron chi connectivity index (χ0n) is 11.6. The number of hydrogen-bond acceptors (Lipinski definition) is 4. The van der Waals surface area contributed by atoms with Crippen molar-refractivity contribution in [3.63, 3.8) is 0 Å². The summed E-state index contributed by atoms with van der Waals surface area (Å²) in [4.78, 5) is 7.83. The monoisotopic (exact) mass is 347 g/mol. The van der Waals surface area contributed by atoms with Gasteiger partial charge in [-0.1, -0.05) is 15.9 Å². The van der Waals surface area contributed by atoms with Crippen molar-refractivity contribution >= 4 is 32.7 Å². The number of H-pyrrole nitrogens is 1. The first-order valence-electron chi connectivity index (χ1n) is 6.29. The minimum atomic E-state index is 0.622. The van der Waals surface area contributed by atoms with Gasteiger partial charge in [0.15, 0.2) is 0 Å². The number of hydrogen-bond donors (Lipinski definition) is 2. The molecule has 0 spiro atoms. The Morgan fingerprint density at radius 3 is 2.33 bits per heavy atom. The molecule has 0 atom stereocenters. The predicted octanol–water partition coefficient (Wildman–Crippen LogP) is 3.59. The summed E-state index contributed by atoms with van der Waals surface area (Å²) in [5.74, 6) is 2.13. The standard InChI is InChI=1S/C15H14BrN3O2/c1-20-10-3-8(4-11(7-10)21-2)15-18-13-6-9(16)5-12(17)14(13)19-15/h3-7H,17H2,1-2H3,(H,18,19). The molecule has 0 radical (unpaired) electrons. The zero-order valence-corrected chi connectivity index (χ0v) is 13.2. The van der Waals surface area contributed by atoms with Gasteiger partial charge in [0.25, 0.3) is 0 Å². The lowest BCUT2D eigenvalue weighted by Gasteiger charge is -2.06. The highest BCUT2D eigenvalue weighted by Crippen LogP contribution is 2.31. The fourth-order valence-electron chi connectivity index (χ4n) is 2.19. The molecule has 6 heteroatoms. The Morgan fingerprint density at radius 2 is 1.71 bits per heavy atom. The maximum atomic E-state index is 6.00. The molecule has 0 fully saturated rings. The predicted molar refractivity (Wildman–Crippen MR) is 86.7 cm³/mol. The van der Waals surface area contributed by atoms with Gasteiger partial charge >= 0.3 is 0 Å². The number of fused-ring (bicyclic) bond motifs is 1. The van der Waals surface area contributed by atoms with Gasteiger partial charge in [0.05, 0.1) is 25.4 Å². The fourth-order valence-corrected chi connectivity index (χ4v) is 2.66. The van der Waals surface area contributed by atoms with Crippen LogP contribution in [0.2, 0.25) is 0 Å². The van der Waals surface area contributed by atoms with E-state index in [1.54, 1.807) is 14.2 Å². The maximum Gasteiger partial charge on any atom is 0.138 e. The molecule has 0 unspecified atom stereocenters. The lowest BCUT2D eigenvalue weighted by Crippen LogP contribution is -1.89. The number of imidazole rings is 1. The average Bonchev–Trinajstić information content (AvgIpc) is 2.91. The number of nitrogens with zero attached hydrogens (tertiary/aromatic N) is 1. The number of benzene rings is 2. The first kappa shape index (κ1) is 13.8. The van der Waals surface area contributed by atoms with Crippen LogP contribution in [0.15, 0.2) is 34.8 Å². The Kier molecular flexibility index (Phi) is 3.47. The molecule has 2 aromatic carbocycles. The first-order chi connectivity index (χ1) is 10.1. The highest BCUT2D eigenvalue weighted by atomic mass is 79.9. The number of aromatic nitrogens is 2. The molecule has 1 heterocycles. The van der Waals surface area contributed by atoms with Crippen LogP contribution in [0.1, 0.15) is 0 Å². The maximum absolute atomic E-state index is 6.00. The molecule has 0 saturated heterocycles. The summed E-state index contributed by atoms with van der Waals surface area (Å²) >= 11 is 3.43. The Morgan fingerprint density at radius 1 is 1.05 bits per heavy atom. The highest BCUT2D eigenvalue weighted by Gasteiger charge is 2.11. The van der Waals surface area contributed by atoms with Crippen molar-refractivity contribution in [3.05, 3.63) is 34.8 Å². The second-order valence-electron chi connectivity index (χ2n) is 4.58. The Labute approximate surface area is 130 Å². The van der Waals surface area contributed by atoms with E-state index >= 15 is 0 Å². The van der Waals surface area contributed by atoms with Crippen molar-refractivity contribution in [3.8, 4) is 22.9 Å². The average molecular weight is 348 g/mol. The van der Waals surface area contributed by atoms with Gasteiger partial charge in [0.1, 0.15) is 22.8 Å². The van der Waals surface area contributed by atoms with E-state index in [0.717, 1.165) is 21.1 Å². The molecular formula is C15H14BrN3O2. The van der Waals surface area contributed by atoms with E-state index in [9.17, 15) is 0 Å². The summed E-state index contributed by atoms with van der Waals surface area (Å²) in [5, 5.41) is 0. The number of halogens is 1. The van der Waals surface area contributed by atoms with Crippen LogP contribution in [0.3, 0.4) is 0 Å². The van der Waals surface area contributed by atoms with E-state index in [-0.39, 0.29) is 0 Å². The second kappa shape index (κ2) is 5.29. The molecule has 0 bridgehead atoms. The minimum Gasteiger partial charge on any atom is -0.497 e. The van der Waals surface area contributed by atoms with Crippen LogP contribution >= 0.6 is 15.9 Å². The largest absolute Gasteiger partial charge is 0.497 e. The Bertz CT molecular complexity index is 792. The number of anilines is 1. The van der Waals surface area contributed by atoms with Crippen molar-refractivity contribution < 1.29 is 9.47 Å². The van der Waals surface area contributed by atoms with Crippen molar-refractivity contribution in [2.24, 2.45) is 0 Å². The summed E-state index contributed by atoms with van der Waals surface area (Å²) in [6.07, 6.45) is 0. The number of aromatic amines is 1. The molecule has 3 rings (SSSR count). The third kappa shape index (κ3) is 2.54. The molecular weight excluding hydrogens is 334 g/mol. The molecule has 21 heavy (non-hydrogen) atoms. The van der Waals surface area contributed by atoms with Gasteiger partial charge in [0, 0.05) is 16.1 Å². The van der Waals surface area contributed by atoms with Crippen LogP contribution in [-0.2, 0) is 0 Å². The van der Waals surface area contributed by atoms with Crippen LogP contribution in [0.5, 0.6) is 11.5 Å². The second-order valence-corrected chi connectivity index (χ2v) is 5.49. The van der Waals surface area contributed by atoms with E-state index in [1.807, 2.05) is 30.3 Å². The number of rotatable bonds is 3. The third-order valence-electron chi connectivity index (χ3n) is 3.21. The van der Waals surface area contributed by atoms with Crippen molar-refractivity contribution in [1.82, 2.24) is 9.97 Å². The number of nitrogens with one attached hydrogen (secondary N) is 1. The molecule has 0 saturated carbocycles. The number of nitrogens with two attached hydrogens (primary N) is 1. The quantitative estimate of drug-likeness (QED) is 0.710. The van der Waals surface area contributed by atoms with Gasteiger partial charge in [-0.2, -0.15) is 0 Å². The summed E-state index contributed by atoms with van der Waals surface area (Å²) in [6.45, 7) is 0. The van der Waals surface area contributed by atoms with Crippen molar-refractivity contribution in [2.45, 2.75) is 0 Å². The lowest BCUT2D eigenvalue weighted by molar-refractivity contribution is 0.394. The van der Waals surface area contributed by atoms with Gasteiger partial charge in [-0.25, -0.2) is 4.98 Å². The molecule has 108 valence electrons. The van der Waals surface area contributed by atoms with E-state index in [2.05, 4.69) is 25.9 Å². The van der Waals surface area contributed by atoms with Crippen LogP contribution in [0.4, 0.5) is 5.69 Å². The number of ether oxygens (including phenoxy) is 2. The Hall–Kier alpha value is -2.21. The molecule has 0 aliphatic heterocycles. The van der Waals surface area contributed by atoms with Crippen molar-refractivity contribution in [2.75, 3.05) is 20.0 Å². The number of methoxy groups -OCH3 is 2. The summed E-state index contributed by atoms with van der Waals surface area (Å²) in [6, 6.07) is 9.38. The van der Waals surface area contributed by atoms with Gasteiger partial charge in [-0.05, 0) is 24.3 Å². The summed E-state index contributed by atoms with van der Waals surface area (Å²) in [5.41, 5.74) is 9.11. The van der Waals surface area contributed by atoms with Gasteiger partial charge in [0.2, 0.25) is 0 Å². The smallest absolute Gasteiger partial charge is 0.138 e. The van der Waals surface area contributed by atoms with Crippen LogP contribution < -0.4 is 15.2 Å². The Balaban J connectivity index is 2.18. The molecule has 3 aromatic rings. The normalized spacial score (nSPS) is 10.8. The summed E-state index contributed by atoms with van der Waals surface area (Å²) < 4.78 is 11.5. The third-order valence-corrected chi connectivity index (χ3v) is 3.66. The minimum absolute atomic E-state index is 0.622. The number of nitrogen functional groups attached to an aromatic ring is 1. The molecule has 0 amide bonds.